The molecule has 0 fully saturated rings. The minimum absolute atomic E-state index is 0.114. The van der Waals surface area contributed by atoms with Gasteiger partial charge < -0.3 is 25.1 Å². The predicted molar refractivity (Wildman–Crippen MR) is 102 cm³/mol. The lowest BCUT2D eigenvalue weighted by atomic mass is 10.1. The Morgan fingerprint density at radius 1 is 1.37 bits per heavy atom. The molecule has 1 amide bonds. The van der Waals surface area contributed by atoms with Gasteiger partial charge in [0.15, 0.2) is 5.82 Å². The number of carbonyl (C=O) groups excluding carboxylic acids is 1. The number of nitrogens with one attached hydrogen (secondary N) is 1. The van der Waals surface area contributed by atoms with Crippen molar-refractivity contribution in [2.75, 3.05) is 18.9 Å². The summed E-state index contributed by atoms with van der Waals surface area (Å²) in [7, 11) is 0. The average molecular weight is 369 g/mol. The van der Waals surface area contributed by atoms with Crippen molar-refractivity contribution in [3.05, 3.63) is 30.1 Å². The lowest BCUT2D eigenvalue weighted by Gasteiger charge is -2.27. The topological polar surface area (TPSA) is 104 Å². The van der Waals surface area contributed by atoms with E-state index in [9.17, 15) is 4.79 Å². The van der Waals surface area contributed by atoms with Crippen molar-refractivity contribution >= 4 is 33.8 Å². The molecule has 8 nitrogen and oxygen atoms in total. The molecule has 3 heterocycles. The van der Waals surface area contributed by atoms with Gasteiger partial charge in [0, 0.05) is 11.9 Å². The molecule has 0 aliphatic carbocycles. The molecule has 8 heteroatoms. The molecule has 0 bridgehead atoms. The van der Waals surface area contributed by atoms with E-state index in [1.165, 1.54) is 0 Å². The molecule has 1 atom stereocenters. The van der Waals surface area contributed by atoms with E-state index in [1.54, 1.807) is 0 Å². The summed E-state index contributed by atoms with van der Waals surface area (Å²) >= 11 is 0. The van der Waals surface area contributed by atoms with Crippen LogP contribution in [-0.4, -0.2) is 39.4 Å². The van der Waals surface area contributed by atoms with Crippen LogP contribution in [0.5, 0.6) is 0 Å². The number of para-hydroxylation sites is 1. The average Bonchev–Trinajstić information content (AvgIpc) is 3.00. The molecule has 4 rings (SSSR count). The van der Waals surface area contributed by atoms with Crippen LogP contribution >= 0.6 is 0 Å². The third-order valence-corrected chi connectivity index (χ3v) is 4.41. The van der Waals surface area contributed by atoms with Gasteiger partial charge in [0.25, 0.3) is 0 Å². The molecular formula is C19H23N5O3. The van der Waals surface area contributed by atoms with E-state index < -0.39 is 11.7 Å². The number of aromatic nitrogens is 3. The zero-order valence-electron chi connectivity index (χ0n) is 15.7. The minimum atomic E-state index is -0.545. The number of amides is 1. The molecule has 3 N–H and O–H groups in total. The monoisotopic (exact) mass is 369 g/mol. The van der Waals surface area contributed by atoms with Gasteiger partial charge in [-0.3, -0.25) is 0 Å². The summed E-state index contributed by atoms with van der Waals surface area (Å²) in [4.78, 5) is 21.2. The summed E-state index contributed by atoms with van der Waals surface area (Å²) in [5.41, 5.74) is 8.01. The first-order chi connectivity index (χ1) is 12.8. The fraction of sp³-hybridized carbons (Fsp3) is 0.421. The number of alkyl carbamates (subject to hydrolysis) is 1. The fourth-order valence-electron chi connectivity index (χ4n) is 3.39. The Hall–Kier alpha value is -2.87. The third kappa shape index (κ3) is 3.28. The number of nitrogens with zero attached hydrogens (tertiary/aromatic N) is 3. The molecule has 1 aliphatic rings. The zero-order chi connectivity index (χ0) is 19.2. The lowest BCUT2D eigenvalue weighted by molar-refractivity contribution is 0.0420. The summed E-state index contributed by atoms with van der Waals surface area (Å²) in [6.45, 7) is 6.72. The number of nitrogens with two attached hydrogens (primary N) is 1. The van der Waals surface area contributed by atoms with E-state index in [0.29, 0.717) is 31.1 Å². The molecule has 1 aromatic carbocycles. The molecule has 0 saturated heterocycles. The summed E-state index contributed by atoms with van der Waals surface area (Å²) in [6, 6.07) is 7.72. The van der Waals surface area contributed by atoms with Gasteiger partial charge in [-0.1, -0.05) is 18.2 Å². The van der Waals surface area contributed by atoms with Crippen LogP contribution in [0.15, 0.2) is 24.3 Å². The van der Waals surface area contributed by atoms with Gasteiger partial charge in [-0.25, -0.2) is 14.8 Å². The van der Waals surface area contributed by atoms with Crippen LogP contribution in [0.4, 0.5) is 10.6 Å². The Kier molecular flexibility index (Phi) is 4.15. The summed E-state index contributed by atoms with van der Waals surface area (Å²) in [5, 5.41) is 3.81. The van der Waals surface area contributed by atoms with Crippen LogP contribution < -0.4 is 11.1 Å². The van der Waals surface area contributed by atoms with E-state index in [0.717, 1.165) is 22.2 Å². The number of anilines is 1. The van der Waals surface area contributed by atoms with Crippen LogP contribution in [-0.2, 0) is 16.1 Å². The Morgan fingerprint density at radius 3 is 2.93 bits per heavy atom. The Labute approximate surface area is 156 Å². The standard InChI is InChI=1S/C19H23N5O3/c1-19(2,3)27-18(25)21-8-11-9-26-10-14-23-15-16(24(11)14)12-6-4-5-7-13(12)22-17(15)20/h4-7,11H,8-10H2,1-3H3,(H2,20,22)(H,21,25)/t11-/m0/s1. The molecular weight excluding hydrogens is 346 g/mol. The fourth-order valence-corrected chi connectivity index (χ4v) is 3.39. The van der Waals surface area contributed by atoms with Gasteiger partial charge in [0.05, 0.1) is 23.7 Å². The van der Waals surface area contributed by atoms with Crippen molar-refractivity contribution in [1.82, 2.24) is 19.9 Å². The van der Waals surface area contributed by atoms with Crippen molar-refractivity contribution < 1.29 is 14.3 Å². The molecule has 0 unspecified atom stereocenters. The van der Waals surface area contributed by atoms with Crippen LogP contribution in [0.3, 0.4) is 0 Å². The number of benzene rings is 1. The number of hydrogen-bond donors (Lipinski definition) is 2. The largest absolute Gasteiger partial charge is 0.444 e. The van der Waals surface area contributed by atoms with Gasteiger partial charge >= 0.3 is 6.09 Å². The van der Waals surface area contributed by atoms with Crippen molar-refractivity contribution in [1.29, 1.82) is 0 Å². The molecule has 0 saturated carbocycles. The maximum Gasteiger partial charge on any atom is 0.407 e. The Balaban J connectivity index is 1.73. The van der Waals surface area contributed by atoms with E-state index in [-0.39, 0.29) is 6.04 Å². The number of carbonyl (C=O) groups is 1. The summed E-state index contributed by atoms with van der Waals surface area (Å²) < 4.78 is 13.1. The summed E-state index contributed by atoms with van der Waals surface area (Å²) in [6.07, 6.45) is -0.454. The van der Waals surface area contributed by atoms with Gasteiger partial charge in [0.1, 0.15) is 23.5 Å². The van der Waals surface area contributed by atoms with Crippen molar-refractivity contribution in [3.8, 4) is 0 Å². The quantitative estimate of drug-likeness (QED) is 0.720. The SMILES string of the molecule is CC(C)(C)OC(=O)NC[C@H]1COCc2nc3c(N)nc4ccccc4c3n21. The van der Waals surface area contributed by atoms with Crippen LogP contribution in [0, 0.1) is 0 Å². The number of ether oxygens (including phenoxy) is 2. The van der Waals surface area contributed by atoms with Gasteiger partial charge in [-0.05, 0) is 26.8 Å². The zero-order valence-corrected chi connectivity index (χ0v) is 15.7. The van der Waals surface area contributed by atoms with Gasteiger partial charge in [0.2, 0.25) is 0 Å². The molecule has 0 radical (unpaired) electrons. The highest BCUT2D eigenvalue weighted by Crippen LogP contribution is 2.33. The second-order valence-corrected chi connectivity index (χ2v) is 7.66. The highest BCUT2D eigenvalue weighted by molar-refractivity contribution is 6.06. The van der Waals surface area contributed by atoms with E-state index in [4.69, 9.17) is 15.2 Å². The number of hydrogen-bond acceptors (Lipinski definition) is 6. The molecule has 0 spiro atoms. The van der Waals surface area contributed by atoms with Gasteiger partial charge in [-0.2, -0.15) is 0 Å². The first-order valence-corrected chi connectivity index (χ1v) is 8.93. The number of pyridine rings is 1. The van der Waals surface area contributed by atoms with Crippen molar-refractivity contribution in [3.63, 3.8) is 0 Å². The first-order valence-electron chi connectivity index (χ1n) is 8.93. The van der Waals surface area contributed by atoms with E-state index >= 15 is 0 Å². The van der Waals surface area contributed by atoms with E-state index in [2.05, 4.69) is 19.9 Å². The molecule has 27 heavy (non-hydrogen) atoms. The normalized spacial score (nSPS) is 17.1. The summed E-state index contributed by atoms with van der Waals surface area (Å²) in [5.74, 6) is 1.17. The predicted octanol–water partition coefficient (Wildman–Crippen LogP) is 2.76. The van der Waals surface area contributed by atoms with Crippen LogP contribution in [0.1, 0.15) is 32.6 Å². The van der Waals surface area contributed by atoms with Gasteiger partial charge in [-0.15, -0.1) is 0 Å². The molecule has 142 valence electrons. The number of fused-ring (bicyclic) bond motifs is 5. The van der Waals surface area contributed by atoms with Crippen LogP contribution in [0.2, 0.25) is 0 Å². The third-order valence-electron chi connectivity index (χ3n) is 4.41. The Bertz CT molecular complexity index is 1020. The highest BCUT2D eigenvalue weighted by Gasteiger charge is 2.27. The first kappa shape index (κ1) is 17.5. The Morgan fingerprint density at radius 2 is 2.15 bits per heavy atom. The van der Waals surface area contributed by atoms with E-state index in [1.807, 2.05) is 45.0 Å². The molecule has 2 aromatic heterocycles. The second-order valence-electron chi connectivity index (χ2n) is 7.66. The lowest BCUT2D eigenvalue weighted by Crippen LogP contribution is -2.38. The van der Waals surface area contributed by atoms with Crippen LogP contribution in [0.25, 0.3) is 21.9 Å². The highest BCUT2D eigenvalue weighted by atomic mass is 16.6. The minimum Gasteiger partial charge on any atom is -0.444 e. The number of rotatable bonds is 2. The molecule has 1 aliphatic heterocycles. The maximum atomic E-state index is 12.1. The molecule has 3 aromatic rings. The number of nitrogen functional groups attached to an aromatic ring is 1. The van der Waals surface area contributed by atoms with Crippen molar-refractivity contribution in [2.24, 2.45) is 0 Å². The smallest absolute Gasteiger partial charge is 0.407 e. The number of imidazole rings is 1. The second kappa shape index (κ2) is 6.38. The maximum absolute atomic E-state index is 12.1. The van der Waals surface area contributed by atoms with Crippen molar-refractivity contribution in [2.45, 2.75) is 39.0 Å².